The maximum absolute atomic E-state index is 11.4. The molecule has 1 unspecified atom stereocenters. The number of aromatic nitrogens is 2. The Hall–Kier alpha value is -4.20. The third-order valence-electron chi connectivity index (χ3n) is 7.03. The Labute approximate surface area is 277 Å². The quantitative estimate of drug-likeness (QED) is 0.0923. The highest BCUT2D eigenvalue weighted by molar-refractivity contribution is 9.10. The van der Waals surface area contributed by atoms with E-state index >= 15 is 0 Å². The largest absolute Gasteiger partial charge is 0.493 e. The lowest BCUT2D eigenvalue weighted by Gasteiger charge is -2.18. The van der Waals surface area contributed by atoms with Gasteiger partial charge in [0.1, 0.15) is 47.5 Å². The van der Waals surface area contributed by atoms with Crippen LogP contribution in [0, 0.1) is 0 Å². The molecule has 4 N–H and O–H groups in total. The predicted octanol–water partition coefficient (Wildman–Crippen LogP) is 5.76. The highest BCUT2D eigenvalue weighted by Crippen LogP contribution is 2.37. The summed E-state index contributed by atoms with van der Waals surface area (Å²) >= 11 is 10.4. The number of fused-ring (bicyclic) bond motifs is 1. The van der Waals surface area contributed by atoms with Crippen LogP contribution in [0.3, 0.4) is 0 Å². The van der Waals surface area contributed by atoms with Gasteiger partial charge in [0, 0.05) is 41.2 Å². The number of hydrogen-bond acceptors (Lipinski definition) is 10. The third kappa shape index (κ3) is 8.33. The van der Waals surface area contributed by atoms with Gasteiger partial charge in [-0.3, -0.25) is 10.1 Å². The van der Waals surface area contributed by atoms with Crippen molar-refractivity contribution in [1.29, 1.82) is 0 Å². The van der Waals surface area contributed by atoms with Gasteiger partial charge >= 0.3 is 5.97 Å². The zero-order valence-electron chi connectivity index (χ0n) is 24.5. The minimum atomic E-state index is -1.18. The van der Waals surface area contributed by atoms with Gasteiger partial charge in [-0.2, -0.15) is 0 Å². The van der Waals surface area contributed by atoms with Crippen molar-refractivity contribution in [3.63, 3.8) is 0 Å². The zero-order chi connectivity index (χ0) is 32.5. The smallest absolute Gasteiger partial charge is 0.323 e. The number of ether oxygens (including phenoxy) is 3. The van der Waals surface area contributed by atoms with Crippen molar-refractivity contribution in [3.05, 3.63) is 99.0 Å². The number of carboxylic acid groups (broad SMARTS) is 1. The van der Waals surface area contributed by atoms with E-state index in [1.165, 1.54) is 0 Å². The van der Waals surface area contributed by atoms with Crippen LogP contribution in [-0.4, -0.2) is 57.5 Å². The highest BCUT2D eigenvalue weighted by Gasteiger charge is 2.19. The number of rotatable bonds is 16. The molecule has 0 spiro atoms. The van der Waals surface area contributed by atoms with Gasteiger partial charge in [0.05, 0.1) is 18.2 Å². The number of nitrogens with one attached hydrogen (secondary N) is 1. The Morgan fingerprint density at radius 2 is 1.72 bits per heavy atom. The van der Waals surface area contributed by atoms with Gasteiger partial charge in [-0.15, -0.1) is 0 Å². The lowest BCUT2D eigenvalue weighted by molar-refractivity contribution is -0.140. The summed E-state index contributed by atoms with van der Waals surface area (Å²) in [6.07, 6.45) is 0.551. The topological polar surface area (TPSA) is 156 Å². The van der Waals surface area contributed by atoms with Crippen molar-refractivity contribution in [3.8, 4) is 28.4 Å². The fourth-order valence-electron chi connectivity index (χ4n) is 4.58. The normalized spacial score (nSPS) is 11.8. The van der Waals surface area contributed by atoms with Crippen LogP contribution in [0.5, 0.6) is 17.2 Å². The van der Waals surface area contributed by atoms with Crippen LogP contribution in [-0.2, 0) is 24.6 Å². The highest BCUT2D eigenvalue weighted by atomic mass is 79.9. The SMILES string of the molecule is O=C(O)C(CO)NCc1cc(Cl)c(OCc2cccc(-c3cccc(OCCCO)c3)c2Br)cc1OCc1ccc2nonc2c1. The van der Waals surface area contributed by atoms with Gasteiger partial charge in [0.2, 0.25) is 0 Å². The monoisotopic (exact) mass is 711 g/mol. The molecule has 0 fully saturated rings. The number of aliphatic hydroxyl groups excluding tert-OH is 2. The van der Waals surface area contributed by atoms with Gasteiger partial charge in [-0.1, -0.05) is 48.0 Å². The van der Waals surface area contributed by atoms with Crippen LogP contribution < -0.4 is 19.5 Å². The number of carbonyl (C=O) groups is 1. The number of benzene rings is 4. The fourth-order valence-corrected chi connectivity index (χ4v) is 5.43. The van der Waals surface area contributed by atoms with Crippen LogP contribution in [0.4, 0.5) is 0 Å². The Morgan fingerprint density at radius 3 is 2.52 bits per heavy atom. The lowest BCUT2D eigenvalue weighted by atomic mass is 10.0. The second-order valence-electron chi connectivity index (χ2n) is 10.2. The molecule has 5 rings (SSSR count). The number of nitrogens with zero attached hydrogens (tertiary/aromatic N) is 2. The number of hydrogen-bond donors (Lipinski definition) is 4. The van der Waals surface area contributed by atoms with Crippen LogP contribution >= 0.6 is 27.5 Å². The van der Waals surface area contributed by atoms with E-state index in [1.807, 2.05) is 48.5 Å². The third-order valence-corrected chi connectivity index (χ3v) is 8.26. The Morgan fingerprint density at radius 1 is 0.913 bits per heavy atom. The summed E-state index contributed by atoms with van der Waals surface area (Å²) in [5.41, 5.74) is 5.35. The summed E-state index contributed by atoms with van der Waals surface area (Å²) < 4.78 is 23.7. The molecule has 11 nitrogen and oxygen atoms in total. The van der Waals surface area contributed by atoms with Crippen molar-refractivity contribution in [2.45, 2.75) is 32.2 Å². The van der Waals surface area contributed by atoms with Gasteiger partial charge < -0.3 is 29.5 Å². The van der Waals surface area contributed by atoms with Gasteiger partial charge in [0.25, 0.3) is 0 Å². The van der Waals surface area contributed by atoms with E-state index in [1.54, 1.807) is 24.3 Å². The summed E-state index contributed by atoms with van der Waals surface area (Å²) in [7, 11) is 0. The Balaban J connectivity index is 1.36. The Bertz CT molecular complexity index is 1800. The van der Waals surface area contributed by atoms with Crippen molar-refractivity contribution in [2.75, 3.05) is 19.8 Å². The summed E-state index contributed by atoms with van der Waals surface area (Å²) in [5, 5.41) is 38.7. The first-order valence-electron chi connectivity index (χ1n) is 14.3. The first kappa shape index (κ1) is 33.2. The molecule has 0 radical (unpaired) electrons. The van der Waals surface area contributed by atoms with Crippen molar-refractivity contribution < 1.29 is 39.0 Å². The Kier molecular flexibility index (Phi) is 11.4. The molecule has 0 amide bonds. The molecule has 0 aliphatic rings. The average Bonchev–Trinajstić information content (AvgIpc) is 3.53. The second-order valence-corrected chi connectivity index (χ2v) is 11.4. The molecular formula is C33H31BrClN3O8. The fraction of sp³-hybridized carbons (Fsp3) is 0.242. The maximum atomic E-state index is 11.4. The zero-order valence-corrected chi connectivity index (χ0v) is 26.8. The van der Waals surface area contributed by atoms with Crippen LogP contribution in [0.2, 0.25) is 5.02 Å². The molecule has 13 heteroatoms. The number of carboxylic acids is 1. The lowest BCUT2D eigenvalue weighted by Crippen LogP contribution is -2.39. The number of halogens is 2. The van der Waals surface area contributed by atoms with E-state index in [-0.39, 0.29) is 26.4 Å². The molecule has 5 aromatic rings. The standard InChI is InChI=1S/C33H31BrClN3O8/c34-32-22(5-2-7-25(32)21-4-1-6-24(13-21)43-11-3-10-39)19-45-31-15-30(23(14-26(31)35)16-36-29(17-40)33(41)42)44-18-20-8-9-27-28(12-20)38-46-37-27/h1-2,4-9,12-15,29,36,39-40H,3,10-11,16-19H2,(H,41,42). The first-order valence-corrected chi connectivity index (χ1v) is 15.5. The van der Waals surface area contributed by atoms with Crippen molar-refractivity contribution in [1.82, 2.24) is 15.6 Å². The van der Waals surface area contributed by atoms with E-state index in [4.69, 9.17) is 35.5 Å². The number of aliphatic hydroxyl groups is 2. The molecule has 1 heterocycles. The first-order chi connectivity index (χ1) is 22.4. The molecule has 0 saturated carbocycles. The second kappa shape index (κ2) is 15.9. The van der Waals surface area contributed by atoms with Gasteiger partial charge in [-0.25, -0.2) is 4.63 Å². The molecule has 0 saturated heterocycles. The van der Waals surface area contributed by atoms with Crippen LogP contribution in [0.25, 0.3) is 22.2 Å². The van der Waals surface area contributed by atoms with Crippen molar-refractivity contribution in [2.24, 2.45) is 0 Å². The van der Waals surface area contributed by atoms with Gasteiger partial charge in [0.15, 0.2) is 0 Å². The summed E-state index contributed by atoms with van der Waals surface area (Å²) in [6.45, 7) is 0.315. The minimum Gasteiger partial charge on any atom is -0.493 e. The minimum absolute atomic E-state index is 0.0650. The average molecular weight is 713 g/mol. The molecule has 1 atom stereocenters. The van der Waals surface area contributed by atoms with E-state index in [0.29, 0.717) is 51.9 Å². The molecule has 240 valence electrons. The van der Waals surface area contributed by atoms with E-state index in [9.17, 15) is 15.0 Å². The molecule has 0 bridgehead atoms. The maximum Gasteiger partial charge on any atom is 0.323 e. The van der Waals surface area contributed by atoms with E-state index in [2.05, 4.69) is 31.6 Å². The molecule has 4 aromatic carbocycles. The summed E-state index contributed by atoms with van der Waals surface area (Å²) in [6, 6.07) is 21.1. The summed E-state index contributed by atoms with van der Waals surface area (Å²) in [4.78, 5) is 11.4. The van der Waals surface area contributed by atoms with Crippen LogP contribution in [0.1, 0.15) is 23.1 Å². The number of aliphatic carboxylic acids is 1. The van der Waals surface area contributed by atoms with E-state index < -0.39 is 18.6 Å². The molecular weight excluding hydrogens is 682 g/mol. The summed E-state index contributed by atoms with van der Waals surface area (Å²) in [5.74, 6) is 0.308. The molecule has 0 aliphatic heterocycles. The predicted molar refractivity (Wildman–Crippen MR) is 174 cm³/mol. The van der Waals surface area contributed by atoms with Gasteiger partial charge in [-0.05, 0) is 73.3 Å². The van der Waals surface area contributed by atoms with E-state index in [0.717, 1.165) is 26.7 Å². The molecule has 1 aromatic heterocycles. The molecule has 46 heavy (non-hydrogen) atoms. The molecule has 0 aliphatic carbocycles. The van der Waals surface area contributed by atoms with Crippen molar-refractivity contribution >= 4 is 44.5 Å². The van der Waals surface area contributed by atoms with Crippen LogP contribution in [0.15, 0.2) is 81.9 Å².